The van der Waals surface area contributed by atoms with Crippen molar-refractivity contribution in [1.29, 1.82) is 0 Å². The Hall–Kier alpha value is -3.16. The molecule has 0 saturated carbocycles. The van der Waals surface area contributed by atoms with E-state index in [0.717, 1.165) is 37.4 Å². The molecule has 7 nitrogen and oxygen atoms in total. The number of rotatable bonds is 6. The topological polar surface area (TPSA) is 71.1 Å². The third-order valence-electron chi connectivity index (χ3n) is 7.10. The molecule has 1 N–H and O–H groups in total. The van der Waals surface area contributed by atoms with E-state index >= 15 is 0 Å². The summed E-state index contributed by atoms with van der Waals surface area (Å²) in [6.07, 6.45) is 1.27. The molecule has 2 atom stereocenters. The molecule has 7 heteroatoms. The number of morpholine rings is 1. The second kappa shape index (κ2) is 9.60. The van der Waals surface area contributed by atoms with Gasteiger partial charge in [0, 0.05) is 36.0 Å². The second-order valence-electron chi connectivity index (χ2n) is 9.22. The molecular formula is C27H31N3O4. The number of allylic oxidation sites excluding steroid dienone is 1. The summed E-state index contributed by atoms with van der Waals surface area (Å²) in [6.45, 7) is 10.3. The smallest absolute Gasteiger partial charge is 0.255 e. The number of carbonyl (C=O) groups excluding carboxylic acids is 2. The van der Waals surface area contributed by atoms with Gasteiger partial charge < -0.3 is 19.7 Å². The van der Waals surface area contributed by atoms with Gasteiger partial charge in [-0.1, -0.05) is 36.9 Å². The average molecular weight is 462 g/mol. The summed E-state index contributed by atoms with van der Waals surface area (Å²) in [5.41, 5.74) is 4.52. The molecule has 0 aliphatic carbocycles. The summed E-state index contributed by atoms with van der Waals surface area (Å²) in [6, 6.07) is 14.0. The predicted octanol–water partition coefficient (Wildman–Crippen LogP) is 3.41. The van der Waals surface area contributed by atoms with E-state index in [1.807, 2.05) is 18.2 Å². The van der Waals surface area contributed by atoms with E-state index in [1.165, 1.54) is 5.56 Å². The summed E-state index contributed by atoms with van der Waals surface area (Å²) < 4.78 is 11.6. The quantitative estimate of drug-likeness (QED) is 0.714. The van der Waals surface area contributed by atoms with Gasteiger partial charge in [-0.25, -0.2) is 0 Å². The van der Waals surface area contributed by atoms with Crippen molar-refractivity contribution in [2.24, 2.45) is 0 Å². The normalized spacial score (nSPS) is 21.9. The van der Waals surface area contributed by atoms with Gasteiger partial charge in [0.2, 0.25) is 5.91 Å². The number of nitrogens with zero attached hydrogens (tertiary/aromatic N) is 2. The number of nitrogens with one attached hydrogen (secondary N) is 1. The van der Waals surface area contributed by atoms with Crippen molar-refractivity contribution in [3.05, 3.63) is 77.0 Å². The maximum atomic E-state index is 13.0. The SMILES string of the molecule is C=C1CCC(N2Cc3c(OCc4ccc(C(C)N5CCOCC5)cc4)cccc3C2=O)C(=O)N1. The fraction of sp³-hybridized carbons (Fsp3) is 0.407. The largest absolute Gasteiger partial charge is 0.489 e. The minimum absolute atomic E-state index is 0.116. The fourth-order valence-corrected chi connectivity index (χ4v) is 5.00. The van der Waals surface area contributed by atoms with E-state index in [-0.39, 0.29) is 11.8 Å². The molecule has 2 saturated heterocycles. The Kier molecular flexibility index (Phi) is 6.39. The molecule has 2 fully saturated rings. The second-order valence-corrected chi connectivity index (χ2v) is 9.22. The molecule has 2 aromatic rings. The Labute approximate surface area is 200 Å². The Bertz CT molecular complexity index is 1090. The van der Waals surface area contributed by atoms with Crippen molar-refractivity contribution >= 4 is 11.8 Å². The van der Waals surface area contributed by atoms with Gasteiger partial charge in [0.15, 0.2) is 0 Å². The highest BCUT2D eigenvalue weighted by Crippen LogP contribution is 2.34. The number of piperidine rings is 1. The van der Waals surface area contributed by atoms with Gasteiger partial charge in [0.05, 0.1) is 19.8 Å². The van der Waals surface area contributed by atoms with Gasteiger partial charge in [-0.3, -0.25) is 14.5 Å². The van der Waals surface area contributed by atoms with Gasteiger partial charge in [0.25, 0.3) is 5.91 Å². The molecule has 3 aliphatic rings. The fourth-order valence-electron chi connectivity index (χ4n) is 5.00. The summed E-state index contributed by atoms with van der Waals surface area (Å²) in [5, 5.41) is 2.78. The van der Waals surface area contributed by atoms with E-state index < -0.39 is 6.04 Å². The molecule has 2 aromatic carbocycles. The third-order valence-corrected chi connectivity index (χ3v) is 7.10. The van der Waals surface area contributed by atoms with Crippen LogP contribution in [0.15, 0.2) is 54.7 Å². The number of benzene rings is 2. The van der Waals surface area contributed by atoms with E-state index in [4.69, 9.17) is 9.47 Å². The number of hydrogen-bond donors (Lipinski definition) is 1. The van der Waals surface area contributed by atoms with Gasteiger partial charge in [-0.2, -0.15) is 0 Å². The zero-order valence-electron chi connectivity index (χ0n) is 19.6. The lowest BCUT2D eigenvalue weighted by atomic mass is 10.0. The third kappa shape index (κ3) is 4.45. The molecule has 178 valence electrons. The maximum absolute atomic E-state index is 13.0. The maximum Gasteiger partial charge on any atom is 0.255 e. The molecule has 0 bridgehead atoms. The van der Waals surface area contributed by atoms with Gasteiger partial charge in [-0.15, -0.1) is 0 Å². The van der Waals surface area contributed by atoms with Crippen LogP contribution in [0, 0.1) is 0 Å². The number of hydrogen-bond acceptors (Lipinski definition) is 5. The average Bonchev–Trinajstić information content (AvgIpc) is 3.20. The molecule has 34 heavy (non-hydrogen) atoms. The number of fused-ring (bicyclic) bond motifs is 1. The predicted molar refractivity (Wildman–Crippen MR) is 128 cm³/mol. The lowest BCUT2D eigenvalue weighted by Crippen LogP contribution is -2.49. The molecule has 0 spiro atoms. The molecule has 3 heterocycles. The highest BCUT2D eigenvalue weighted by Gasteiger charge is 2.39. The van der Waals surface area contributed by atoms with Crippen molar-refractivity contribution < 1.29 is 19.1 Å². The monoisotopic (exact) mass is 461 g/mol. The molecule has 0 aromatic heterocycles. The minimum atomic E-state index is -0.473. The summed E-state index contributed by atoms with van der Waals surface area (Å²) in [4.78, 5) is 29.6. The minimum Gasteiger partial charge on any atom is -0.489 e. The first-order valence-electron chi connectivity index (χ1n) is 12.0. The standard InChI is InChI=1S/C27H31N3O4/c1-18-6-11-24(26(31)28-18)30-16-23-22(27(30)32)4-3-5-25(23)34-17-20-7-9-21(10-8-20)19(2)29-12-14-33-15-13-29/h3-5,7-10,19,24H,1,6,11-17H2,2H3,(H,28,31). The Morgan fingerprint density at radius 2 is 1.91 bits per heavy atom. The first kappa shape index (κ1) is 22.6. The number of amides is 2. The van der Waals surface area contributed by atoms with Crippen LogP contribution in [0.2, 0.25) is 0 Å². The van der Waals surface area contributed by atoms with Crippen LogP contribution >= 0.6 is 0 Å². The molecular weight excluding hydrogens is 430 g/mol. The number of ether oxygens (including phenoxy) is 2. The van der Waals surface area contributed by atoms with E-state index in [2.05, 4.69) is 48.0 Å². The first-order chi connectivity index (χ1) is 16.5. The molecule has 0 radical (unpaired) electrons. The van der Waals surface area contributed by atoms with E-state index in [9.17, 15) is 9.59 Å². The summed E-state index contributed by atoms with van der Waals surface area (Å²) in [5.74, 6) is 0.417. The van der Waals surface area contributed by atoms with Crippen LogP contribution in [-0.4, -0.2) is 54.0 Å². The highest BCUT2D eigenvalue weighted by atomic mass is 16.5. The molecule has 3 aliphatic heterocycles. The molecule has 2 unspecified atom stereocenters. The van der Waals surface area contributed by atoms with Crippen molar-refractivity contribution in [3.63, 3.8) is 0 Å². The zero-order valence-corrected chi connectivity index (χ0v) is 19.6. The van der Waals surface area contributed by atoms with Crippen LogP contribution in [0.25, 0.3) is 0 Å². The van der Waals surface area contributed by atoms with Gasteiger partial charge in [-0.05, 0) is 43.0 Å². The van der Waals surface area contributed by atoms with Crippen molar-refractivity contribution in [2.45, 2.75) is 45.0 Å². The van der Waals surface area contributed by atoms with Crippen molar-refractivity contribution in [2.75, 3.05) is 26.3 Å². The van der Waals surface area contributed by atoms with Crippen LogP contribution in [0.1, 0.15) is 52.9 Å². The lowest BCUT2D eigenvalue weighted by molar-refractivity contribution is -0.126. The van der Waals surface area contributed by atoms with Gasteiger partial charge in [0.1, 0.15) is 18.4 Å². The summed E-state index contributed by atoms with van der Waals surface area (Å²) in [7, 11) is 0. The van der Waals surface area contributed by atoms with Crippen molar-refractivity contribution in [1.82, 2.24) is 15.1 Å². The lowest BCUT2D eigenvalue weighted by Gasteiger charge is -2.32. The Balaban J connectivity index is 1.24. The van der Waals surface area contributed by atoms with Gasteiger partial charge >= 0.3 is 0 Å². The van der Waals surface area contributed by atoms with Crippen LogP contribution in [0.5, 0.6) is 5.75 Å². The molecule has 5 rings (SSSR count). The Morgan fingerprint density at radius 3 is 2.65 bits per heavy atom. The highest BCUT2D eigenvalue weighted by molar-refractivity contribution is 6.02. The van der Waals surface area contributed by atoms with Crippen molar-refractivity contribution in [3.8, 4) is 5.75 Å². The Morgan fingerprint density at radius 1 is 1.15 bits per heavy atom. The van der Waals surface area contributed by atoms with Crippen LogP contribution < -0.4 is 10.1 Å². The first-order valence-corrected chi connectivity index (χ1v) is 12.0. The zero-order chi connectivity index (χ0) is 23.7. The van der Waals surface area contributed by atoms with E-state index in [1.54, 1.807) is 4.90 Å². The number of carbonyl (C=O) groups is 2. The van der Waals surface area contributed by atoms with Crippen LogP contribution in [0.4, 0.5) is 0 Å². The van der Waals surface area contributed by atoms with Crippen LogP contribution in [0.3, 0.4) is 0 Å². The summed E-state index contributed by atoms with van der Waals surface area (Å²) >= 11 is 0. The van der Waals surface area contributed by atoms with E-state index in [0.29, 0.717) is 49.0 Å². The van der Waals surface area contributed by atoms with Crippen LogP contribution in [-0.2, 0) is 22.7 Å². The molecule has 2 amide bonds.